The van der Waals surface area contributed by atoms with Gasteiger partial charge < -0.3 is 5.32 Å². The average molecular weight is 359 g/mol. The number of halogens is 3. The van der Waals surface area contributed by atoms with Gasteiger partial charge in [0.25, 0.3) is 0 Å². The van der Waals surface area contributed by atoms with E-state index in [9.17, 15) is 13.2 Å². The smallest absolute Gasteiger partial charge is 0.363 e. The van der Waals surface area contributed by atoms with Crippen LogP contribution in [-0.2, 0) is 12.7 Å². The summed E-state index contributed by atoms with van der Waals surface area (Å²) in [4.78, 5) is 16.9. The van der Waals surface area contributed by atoms with Crippen LogP contribution in [0, 0.1) is 13.8 Å². The van der Waals surface area contributed by atoms with Gasteiger partial charge in [0, 0.05) is 24.0 Å². The molecule has 0 fully saturated rings. The fourth-order valence-corrected chi connectivity index (χ4v) is 2.34. The molecule has 0 atom stereocenters. The molecule has 26 heavy (non-hydrogen) atoms. The Morgan fingerprint density at radius 3 is 2.42 bits per heavy atom. The molecule has 2 aromatic heterocycles. The number of aromatic nitrogens is 4. The Kier molecular flexibility index (Phi) is 4.83. The van der Waals surface area contributed by atoms with Gasteiger partial charge in [0.05, 0.1) is 17.8 Å². The zero-order valence-corrected chi connectivity index (χ0v) is 14.2. The van der Waals surface area contributed by atoms with E-state index < -0.39 is 11.7 Å². The van der Waals surface area contributed by atoms with Gasteiger partial charge in [0.15, 0.2) is 0 Å². The number of hydrogen-bond acceptors (Lipinski definition) is 5. The summed E-state index contributed by atoms with van der Waals surface area (Å²) in [5, 5.41) is 3.08. The van der Waals surface area contributed by atoms with E-state index in [2.05, 4.69) is 25.3 Å². The minimum Gasteiger partial charge on any atom is -0.363 e. The van der Waals surface area contributed by atoms with Gasteiger partial charge in [-0.2, -0.15) is 13.2 Å². The fourth-order valence-electron chi connectivity index (χ4n) is 2.34. The molecule has 0 aliphatic carbocycles. The molecule has 3 aromatic rings. The average Bonchev–Trinajstić information content (AvgIpc) is 2.60. The van der Waals surface area contributed by atoms with Crippen molar-refractivity contribution in [3.63, 3.8) is 0 Å². The third-order valence-electron chi connectivity index (χ3n) is 3.59. The quantitative estimate of drug-likeness (QED) is 0.757. The third kappa shape index (κ3) is 4.33. The number of anilines is 1. The van der Waals surface area contributed by atoms with Crippen LogP contribution in [0.1, 0.15) is 22.8 Å². The Morgan fingerprint density at radius 1 is 1.00 bits per heavy atom. The molecule has 0 amide bonds. The highest BCUT2D eigenvalue weighted by atomic mass is 19.4. The van der Waals surface area contributed by atoms with Crippen LogP contribution in [0.5, 0.6) is 0 Å². The molecular formula is C18H16F3N5. The molecular weight excluding hydrogens is 343 g/mol. The van der Waals surface area contributed by atoms with Crippen molar-refractivity contribution in [1.82, 2.24) is 19.9 Å². The molecule has 1 N–H and O–H groups in total. The van der Waals surface area contributed by atoms with E-state index >= 15 is 0 Å². The first kappa shape index (κ1) is 17.8. The second-order valence-corrected chi connectivity index (χ2v) is 5.79. The van der Waals surface area contributed by atoms with Gasteiger partial charge in [0.1, 0.15) is 17.5 Å². The van der Waals surface area contributed by atoms with Crippen molar-refractivity contribution in [3.05, 3.63) is 65.5 Å². The van der Waals surface area contributed by atoms with Crippen LogP contribution in [0.2, 0.25) is 0 Å². The van der Waals surface area contributed by atoms with Crippen LogP contribution in [0.3, 0.4) is 0 Å². The number of nitrogens with one attached hydrogen (secondary N) is 1. The molecule has 0 aliphatic heterocycles. The molecule has 1 aromatic carbocycles. The Morgan fingerprint density at radius 2 is 1.73 bits per heavy atom. The van der Waals surface area contributed by atoms with Crippen LogP contribution in [0.15, 0.2) is 42.7 Å². The molecule has 0 unspecified atom stereocenters. The maximum Gasteiger partial charge on any atom is 0.416 e. The van der Waals surface area contributed by atoms with Crippen LogP contribution >= 0.6 is 0 Å². The van der Waals surface area contributed by atoms with Gasteiger partial charge in [-0.3, -0.25) is 0 Å². The molecule has 0 saturated heterocycles. The van der Waals surface area contributed by atoms with Gasteiger partial charge >= 0.3 is 6.18 Å². The highest BCUT2D eigenvalue weighted by molar-refractivity contribution is 5.63. The van der Waals surface area contributed by atoms with Gasteiger partial charge in [-0.15, -0.1) is 0 Å². The fraction of sp³-hybridized carbons (Fsp3) is 0.222. The minimum atomic E-state index is -4.40. The van der Waals surface area contributed by atoms with Crippen LogP contribution < -0.4 is 5.32 Å². The number of nitrogens with zero attached hydrogens (tertiary/aromatic N) is 4. The van der Waals surface area contributed by atoms with Crippen molar-refractivity contribution in [2.24, 2.45) is 0 Å². The molecule has 5 nitrogen and oxygen atoms in total. The molecule has 0 bridgehead atoms. The molecule has 3 rings (SSSR count). The first-order valence-electron chi connectivity index (χ1n) is 7.86. The summed E-state index contributed by atoms with van der Waals surface area (Å²) in [6, 6.07) is 6.67. The van der Waals surface area contributed by atoms with Crippen molar-refractivity contribution < 1.29 is 13.2 Å². The first-order valence-corrected chi connectivity index (χ1v) is 7.86. The van der Waals surface area contributed by atoms with Gasteiger partial charge in [-0.1, -0.05) is 12.1 Å². The van der Waals surface area contributed by atoms with E-state index in [1.54, 1.807) is 31.5 Å². The number of aryl methyl sites for hydroxylation is 2. The molecule has 0 aliphatic rings. The summed E-state index contributed by atoms with van der Waals surface area (Å²) in [5.74, 6) is 1.54. The Labute approximate surface area is 148 Å². The predicted molar refractivity (Wildman–Crippen MR) is 91.3 cm³/mol. The van der Waals surface area contributed by atoms with Crippen LogP contribution in [0.25, 0.3) is 11.3 Å². The van der Waals surface area contributed by atoms with Crippen molar-refractivity contribution in [2.75, 3.05) is 5.32 Å². The molecule has 0 radical (unpaired) electrons. The topological polar surface area (TPSA) is 63.6 Å². The summed E-state index contributed by atoms with van der Waals surface area (Å²) in [6.07, 6.45) is -0.978. The van der Waals surface area contributed by atoms with Crippen molar-refractivity contribution in [2.45, 2.75) is 26.6 Å². The lowest BCUT2D eigenvalue weighted by Crippen LogP contribution is -2.07. The Balaban J connectivity index is 1.85. The number of alkyl halides is 3. The number of benzene rings is 1. The van der Waals surface area contributed by atoms with E-state index in [-0.39, 0.29) is 0 Å². The lowest BCUT2D eigenvalue weighted by molar-refractivity contribution is -0.137. The second-order valence-electron chi connectivity index (χ2n) is 5.79. The largest absolute Gasteiger partial charge is 0.416 e. The van der Waals surface area contributed by atoms with E-state index in [1.807, 2.05) is 6.92 Å². The predicted octanol–water partition coefficient (Wildman–Crippen LogP) is 4.18. The maximum absolute atomic E-state index is 12.9. The molecule has 134 valence electrons. The number of rotatable bonds is 4. The Hall–Kier alpha value is -3.03. The van der Waals surface area contributed by atoms with E-state index in [0.29, 0.717) is 35.3 Å². The van der Waals surface area contributed by atoms with Crippen LogP contribution in [-0.4, -0.2) is 19.9 Å². The van der Waals surface area contributed by atoms with E-state index in [0.717, 1.165) is 17.7 Å². The summed E-state index contributed by atoms with van der Waals surface area (Å²) < 4.78 is 38.8. The molecule has 2 heterocycles. The van der Waals surface area contributed by atoms with Gasteiger partial charge in [-0.05, 0) is 31.5 Å². The Bertz CT molecular complexity index is 907. The SMILES string of the molecule is Cc1cnc(CNc2cc(-c3cccc(C(F)(F)F)c3)nc(C)n2)nc1. The summed E-state index contributed by atoms with van der Waals surface area (Å²) >= 11 is 0. The van der Waals surface area contributed by atoms with Gasteiger partial charge in [0.2, 0.25) is 0 Å². The lowest BCUT2D eigenvalue weighted by atomic mass is 10.1. The van der Waals surface area contributed by atoms with Gasteiger partial charge in [-0.25, -0.2) is 19.9 Å². The molecule has 0 spiro atoms. The summed E-state index contributed by atoms with van der Waals surface area (Å²) in [7, 11) is 0. The lowest BCUT2D eigenvalue weighted by Gasteiger charge is -2.11. The van der Waals surface area contributed by atoms with E-state index in [1.165, 1.54) is 6.07 Å². The van der Waals surface area contributed by atoms with Crippen LogP contribution in [0.4, 0.5) is 19.0 Å². The van der Waals surface area contributed by atoms with Crippen molar-refractivity contribution in [3.8, 4) is 11.3 Å². The normalized spacial score (nSPS) is 11.4. The standard InChI is InChI=1S/C18H16F3N5/c1-11-8-22-17(23-9-11)10-24-16-7-15(25-12(2)26-16)13-4-3-5-14(6-13)18(19,20)21/h3-9H,10H2,1-2H3,(H,24,25,26). The highest BCUT2D eigenvalue weighted by Crippen LogP contribution is 2.32. The summed E-state index contributed by atoms with van der Waals surface area (Å²) in [5.41, 5.74) is 1.03. The van der Waals surface area contributed by atoms with Crippen molar-refractivity contribution in [1.29, 1.82) is 0 Å². The zero-order valence-electron chi connectivity index (χ0n) is 14.2. The number of hydrogen-bond donors (Lipinski definition) is 1. The second kappa shape index (κ2) is 7.07. The third-order valence-corrected chi connectivity index (χ3v) is 3.59. The summed E-state index contributed by atoms with van der Waals surface area (Å²) in [6.45, 7) is 3.93. The molecule has 0 saturated carbocycles. The monoisotopic (exact) mass is 359 g/mol. The minimum absolute atomic E-state index is 0.346. The highest BCUT2D eigenvalue weighted by Gasteiger charge is 2.30. The maximum atomic E-state index is 12.9. The van der Waals surface area contributed by atoms with E-state index in [4.69, 9.17) is 0 Å². The molecule has 8 heteroatoms. The van der Waals surface area contributed by atoms with Crippen molar-refractivity contribution >= 4 is 5.82 Å². The zero-order chi connectivity index (χ0) is 18.7. The first-order chi connectivity index (χ1) is 12.3.